The molecule has 0 spiro atoms. The lowest BCUT2D eigenvalue weighted by molar-refractivity contribution is 0.0364. The third-order valence-electron chi connectivity index (χ3n) is 3.71. The number of ether oxygens (including phenoxy) is 1. The van der Waals surface area contributed by atoms with E-state index in [1.54, 1.807) is 0 Å². The molecule has 1 unspecified atom stereocenters. The zero-order valence-electron chi connectivity index (χ0n) is 11.6. The molecule has 4 heteroatoms. The lowest BCUT2D eigenvalue weighted by atomic mass is 10.1. The van der Waals surface area contributed by atoms with E-state index in [2.05, 4.69) is 40.2 Å². The second kappa shape index (κ2) is 6.92. The van der Waals surface area contributed by atoms with Crippen LogP contribution in [0.3, 0.4) is 0 Å². The normalized spacial score (nSPS) is 19.0. The molecule has 0 aromatic carbocycles. The molecule has 2 rings (SSSR count). The summed E-state index contributed by atoms with van der Waals surface area (Å²) in [5.41, 5.74) is 1.39. The molecule has 0 radical (unpaired) electrons. The first kappa shape index (κ1) is 13.6. The molecule has 0 amide bonds. The van der Waals surface area contributed by atoms with Gasteiger partial charge in [0.05, 0.1) is 13.2 Å². The molecule has 0 aliphatic carbocycles. The molecule has 1 atom stereocenters. The molecule has 0 saturated carbocycles. The molecule has 1 aliphatic rings. The van der Waals surface area contributed by atoms with Crippen molar-refractivity contribution in [3.05, 3.63) is 24.0 Å². The van der Waals surface area contributed by atoms with E-state index >= 15 is 0 Å². The maximum atomic E-state index is 5.36. The monoisotopic (exact) mass is 251 g/mol. The standard InChI is InChI=1S/C14H25N3O/c1-3-14(15-2)13-4-5-17(12-13)7-6-16-8-10-18-11-9-16/h4-5,12,14-15H,3,6-11H2,1-2H3. The summed E-state index contributed by atoms with van der Waals surface area (Å²) in [4.78, 5) is 2.47. The zero-order chi connectivity index (χ0) is 12.8. The molecule has 4 nitrogen and oxygen atoms in total. The van der Waals surface area contributed by atoms with Crippen molar-refractivity contribution in [1.29, 1.82) is 0 Å². The van der Waals surface area contributed by atoms with Crippen LogP contribution in [0, 0.1) is 0 Å². The lowest BCUT2D eigenvalue weighted by Crippen LogP contribution is -2.38. The molecule has 1 aliphatic heterocycles. The Balaban J connectivity index is 1.82. The Hall–Kier alpha value is -0.840. The van der Waals surface area contributed by atoms with Crippen molar-refractivity contribution in [3.8, 4) is 0 Å². The van der Waals surface area contributed by atoms with E-state index < -0.39 is 0 Å². The average Bonchev–Trinajstić information content (AvgIpc) is 2.88. The van der Waals surface area contributed by atoms with Crippen molar-refractivity contribution in [2.24, 2.45) is 0 Å². The summed E-state index contributed by atoms with van der Waals surface area (Å²) in [5, 5.41) is 3.35. The van der Waals surface area contributed by atoms with Crippen molar-refractivity contribution < 1.29 is 4.74 Å². The minimum absolute atomic E-state index is 0.481. The van der Waals surface area contributed by atoms with Crippen LogP contribution in [0.1, 0.15) is 24.9 Å². The van der Waals surface area contributed by atoms with Crippen LogP contribution in [-0.2, 0) is 11.3 Å². The zero-order valence-corrected chi connectivity index (χ0v) is 11.6. The number of rotatable bonds is 6. The van der Waals surface area contributed by atoms with Crippen LogP contribution in [0.5, 0.6) is 0 Å². The first-order valence-electron chi connectivity index (χ1n) is 6.96. The molecule has 1 fully saturated rings. The van der Waals surface area contributed by atoms with Crippen molar-refractivity contribution in [3.63, 3.8) is 0 Å². The molecule has 1 aromatic heterocycles. The van der Waals surface area contributed by atoms with E-state index in [-0.39, 0.29) is 0 Å². The van der Waals surface area contributed by atoms with Crippen molar-refractivity contribution in [2.75, 3.05) is 39.9 Å². The number of hydrogen-bond acceptors (Lipinski definition) is 3. The maximum Gasteiger partial charge on any atom is 0.0594 e. The van der Waals surface area contributed by atoms with Gasteiger partial charge in [0, 0.05) is 44.6 Å². The molecule has 1 saturated heterocycles. The molecular weight excluding hydrogens is 226 g/mol. The van der Waals surface area contributed by atoms with Crippen LogP contribution in [0.15, 0.2) is 18.5 Å². The van der Waals surface area contributed by atoms with Crippen LogP contribution in [-0.4, -0.2) is 49.4 Å². The third-order valence-corrected chi connectivity index (χ3v) is 3.71. The van der Waals surface area contributed by atoms with Crippen LogP contribution in [0.25, 0.3) is 0 Å². The highest BCUT2D eigenvalue weighted by Gasteiger charge is 2.11. The smallest absolute Gasteiger partial charge is 0.0594 e. The predicted molar refractivity (Wildman–Crippen MR) is 73.8 cm³/mol. The van der Waals surface area contributed by atoms with Gasteiger partial charge in [0.2, 0.25) is 0 Å². The fourth-order valence-corrected chi connectivity index (χ4v) is 2.49. The van der Waals surface area contributed by atoms with Gasteiger partial charge in [0.15, 0.2) is 0 Å². The Morgan fingerprint density at radius 2 is 2.11 bits per heavy atom. The number of nitrogens with zero attached hydrogens (tertiary/aromatic N) is 2. The van der Waals surface area contributed by atoms with Gasteiger partial charge in [-0.25, -0.2) is 0 Å². The van der Waals surface area contributed by atoms with Gasteiger partial charge in [-0.15, -0.1) is 0 Å². The summed E-state index contributed by atoms with van der Waals surface area (Å²) in [6.07, 6.45) is 5.59. The summed E-state index contributed by atoms with van der Waals surface area (Å²) in [5.74, 6) is 0. The van der Waals surface area contributed by atoms with E-state index in [9.17, 15) is 0 Å². The van der Waals surface area contributed by atoms with E-state index in [0.717, 1.165) is 45.8 Å². The molecule has 1 N–H and O–H groups in total. The fraction of sp³-hybridized carbons (Fsp3) is 0.714. The van der Waals surface area contributed by atoms with Crippen molar-refractivity contribution in [2.45, 2.75) is 25.9 Å². The SMILES string of the molecule is CCC(NC)c1ccn(CCN2CCOCC2)c1. The molecule has 1 aromatic rings. The summed E-state index contributed by atoms with van der Waals surface area (Å²) < 4.78 is 7.66. The van der Waals surface area contributed by atoms with Gasteiger partial charge in [-0.05, 0) is 25.1 Å². The van der Waals surface area contributed by atoms with E-state index in [1.807, 2.05) is 7.05 Å². The molecule has 102 valence electrons. The highest BCUT2D eigenvalue weighted by Crippen LogP contribution is 2.16. The van der Waals surface area contributed by atoms with Gasteiger partial charge in [-0.2, -0.15) is 0 Å². The van der Waals surface area contributed by atoms with E-state index in [0.29, 0.717) is 6.04 Å². The predicted octanol–water partition coefficient (Wildman–Crippen LogP) is 1.49. The summed E-state index contributed by atoms with van der Waals surface area (Å²) >= 11 is 0. The molecule has 0 bridgehead atoms. The number of hydrogen-bond donors (Lipinski definition) is 1. The van der Waals surface area contributed by atoms with Gasteiger partial charge < -0.3 is 14.6 Å². The summed E-state index contributed by atoms with van der Waals surface area (Å²) in [7, 11) is 2.03. The van der Waals surface area contributed by atoms with Crippen molar-refractivity contribution in [1.82, 2.24) is 14.8 Å². The Labute approximate surface area is 110 Å². The molecule has 18 heavy (non-hydrogen) atoms. The Kier molecular flexibility index (Phi) is 5.23. The van der Waals surface area contributed by atoms with E-state index in [4.69, 9.17) is 4.74 Å². The van der Waals surface area contributed by atoms with Crippen molar-refractivity contribution >= 4 is 0 Å². The van der Waals surface area contributed by atoms with Gasteiger partial charge >= 0.3 is 0 Å². The fourth-order valence-electron chi connectivity index (χ4n) is 2.49. The van der Waals surface area contributed by atoms with E-state index in [1.165, 1.54) is 5.56 Å². The highest BCUT2D eigenvalue weighted by atomic mass is 16.5. The van der Waals surface area contributed by atoms with Gasteiger partial charge in [-0.1, -0.05) is 6.92 Å². The number of aromatic nitrogens is 1. The number of nitrogens with one attached hydrogen (secondary N) is 1. The topological polar surface area (TPSA) is 29.4 Å². The Bertz CT molecular complexity index is 341. The minimum Gasteiger partial charge on any atom is -0.379 e. The van der Waals surface area contributed by atoms with Crippen LogP contribution in [0.4, 0.5) is 0 Å². The van der Waals surface area contributed by atoms with Crippen LogP contribution < -0.4 is 5.32 Å². The largest absolute Gasteiger partial charge is 0.379 e. The van der Waals surface area contributed by atoms with Gasteiger partial charge in [0.25, 0.3) is 0 Å². The summed E-state index contributed by atoms with van der Waals surface area (Å²) in [6.45, 7) is 8.31. The highest BCUT2D eigenvalue weighted by molar-refractivity contribution is 5.15. The maximum absolute atomic E-state index is 5.36. The van der Waals surface area contributed by atoms with Gasteiger partial charge in [0.1, 0.15) is 0 Å². The Morgan fingerprint density at radius 3 is 2.78 bits per heavy atom. The van der Waals surface area contributed by atoms with Crippen LogP contribution >= 0.6 is 0 Å². The lowest BCUT2D eigenvalue weighted by Gasteiger charge is -2.26. The van der Waals surface area contributed by atoms with Crippen LogP contribution in [0.2, 0.25) is 0 Å². The quantitative estimate of drug-likeness (QED) is 0.830. The molecular formula is C14H25N3O. The van der Waals surface area contributed by atoms with Gasteiger partial charge in [-0.3, -0.25) is 4.90 Å². The summed E-state index contributed by atoms with van der Waals surface area (Å²) in [6, 6.07) is 2.71. The third kappa shape index (κ3) is 3.57. The average molecular weight is 251 g/mol. The second-order valence-electron chi connectivity index (χ2n) is 4.89. The minimum atomic E-state index is 0.481. The first-order valence-corrected chi connectivity index (χ1v) is 6.96. The molecule has 2 heterocycles. The first-order chi connectivity index (χ1) is 8.83. The number of morpholine rings is 1. The Morgan fingerprint density at radius 1 is 1.33 bits per heavy atom. The second-order valence-corrected chi connectivity index (χ2v) is 4.89.